The maximum Gasteiger partial charge on any atom is 0.0644 e. The van der Waals surface area contributed by atoms with Gasteiger partial charge >= 0.3 is 0 Å². The predicted molar refractivity (Wildman–Crippen MR) is 57.3 cm³/mol. The van der Waals surface area contributed by atoms with Gasteiger partial charge in [0.1, 0.15) is 0 Å². The van der Waals surface area contributed by atoms with Crippen LogP contribution in [0.25, 0.3) is 0 Å². The van der Waals surface area contributed by atoms with Gasteiger partial charge in [-0.05, 0) is 45.7 Å². The lowest BCUT2D eigenvalue weighted by Crippen LogP contribution is -2.50. The van der Waals surface area contributed by atoms with Crippen LogP contribution in [-0.2, 0) is 0 Å². The Labute approximate surface area is 86.5 Å². The summed E-state index contributed by atoms with van der Waals surface area (Å²) in [5, 5.41) is 13.2. The molecule has 2 rings (SSSR count). The lowest BCUT2D eigenvalue weighted by molar-refractivity contribution is -0.0198. The minimum Gasteiger partial charge on any atom is -0.390 e. The van der Waals surface area contributed by atoms with Gasteiger partial charge in [0.2, 0.25) is 0 Å². The quantitative estimate of drug-likeness (QED) is 0.647. The zero-order chi connectivity index (χ0) is 10.0. The first kappa shape index (κ1) is 10.4. The molecule has 14 heavy (non-hydrogen) atoms. The van der Waals surface area contributed by atoms with E-state index in [0.29, 0.717) is 0 Å². The molecule has 0 amide bonds. The normalized spacial score (nSPS) is 30.4. The molecular weight excluding hydrogens is 176 g/mol. The Bertz CT molecular complexity index is 178. The molecule has 2 aliphatic rings. The summed E-state index contributed by atoms with van der Waals surface area (Å²) in [7, 11) is 0. The summed E-state index contributed by atoms with van der Waals surface area (Å²) in [5.74, 6) is 0. The highest BCUT2D eigenvalue weighted by Gasteiger charge is 2.30. The smallest absolute Gasteiger partial charge is 0.0644 e. The number of piperidine rings is 2. The number of likely N-dealkylation sites (tertiary alicyclic amines) is 1. The van der Waals surface area contributed by atoms with Crippen molar-refractivity contribution >= 4 is 0 Å². The Hall–Kier alpha value is -0.120. The van der Waals surface area contributed by atoms with Gasteiger partial charge in [0.25, 0.3) is 0 Å². The second-order valence-corrected chi connectivity index (χ2v) is 5.01. The Morgan fingerprint density at radius 2 is 1.79 bits per heavy atom. The predicted octanol–water partition coefficient (Wildman–Crippen LogP) is 0.585. The van der Waals surface area contributed by atoms with Gasteiger partial charge in [-0.15, -0.1) is 0 Å². The van der Waals surface area contributed by atoms with Crippen LogP contribution in [0.15, 0.2) is 0 Å². The zero-order valence-corrected chi connectivity index (χ0v) is 9.13. The number of nitrogens with zero attached hydrogens (tertiary/aromatic N) is 1. The van der Waals surface area contributed by atoms with Crippen LogP contribution in [0, 0.1) is 0 Å². The van der Waals surface area contributed by atoms with Crippen LogP contribution < -0.4 is 5.32 Å². The molecule has 0 aromatic carbocycles. The van der Waals surface area contributed by atoms with Gasteiger partial charge in [-0.25, -0.2) is 0 Å². The van der Waals surface area contributed by atoms with Crippen molar-refractivity contribution in [2.75, 3.05) is 26.2 Å². The molecule has 82 valence electrons. The lowest BCUT2D eigenvalue weighted by Gasteiger charge is -2.41. The highest BCUT2D eigenvalue weighted by Crippen LogP contribution is 2.24. The number of hydrogen-bond acceptors (Lipinski definition) is 3. The molecule has 0 aromatic rings. The first-order valence-corrected chi connectivity index (χ1v) is 5.84. The zero-order valence-electron chi connectivity index (χ0n) is 9.13. The van der Waals surface area contributed by atoms with Crippen molar-refractivity contribution in [3.63, 3.8) is 0 Å². The van der Waals surface area contributed by atoms with Crippen LogP contribution in [0.4, 0.5) is 0 Å². The molecule has 0 atom stereocenters. The molecule has 2 N–H and O–H groups in total. The summed E-state index contributed by atoms with van der Waals surface area (Å²) in [6.45, 7) is 6.46. The fourth-order valence-electron chi connectivity index (χ4n) is 2.54. The van der Waals surface area contributed by atoms with Crippen molar-refractivity contribution in [1.82, 2.24) is 10.2 Å². The molecule has 3 nitrogen and oxygen atoms in total. The van der Waals surface area contributed by atoms with Crippen molar-refractivity contribution in [1.29, 1.82) is 0 Å². The first-order chi connectivity index (χ1) is 6.67. The monoisotopic (exact) mass is 198 g/mol. The Balaban J connectivity index is 1.82. The average Bonchev–Trinajstić information content (AvgIpc) is 2.19. The minimum atomic E-state index is -0.399. The molecule has 0 aliphatic carbocycles. The van der Waals surface area contributed by atoms with E-state index in [0.717, 1.165) is 45.1 Å². The van der Waals surface area contributed by atoms with Crippen LogP contribution in [0.5, 0.6) is 0 Å². The van der Waals surface area contributed by atoms with Crippen LogP contribution in [-0.4, -0.2) is 47.8 Å². The van der Waals surface area contributed by atoms with E-state index in [2.05, 4.69) is 10.2 Å². The third kappa shape index (κ3) is 2.47. The fraction of sp³-hybridized carbons (Fsp3) is 1.00. The fourth-order valence-corrected chi connectivity index (χ4v) is 2.54. The standard InChI is InChI=1S/C11H22N2O/c1-11(14)4-8-13(9-5-11)10-2-6-12-7-3-10/h10,12,14H,2-9H2,1H3. The van der Waals surface area contributed by atoms with Gasteiger partial charge < -0.3 is 15.3 Å². The van der Waals surface area contributed by atoms with Gasteiger partial charge in [0.05, 0.1) is 5.60 Å². The Kier molecular flexibility index (Phi) is 3.10. The molecule has 0 unspecified atom stereocenters. The van der Waals surface area contributed by atoms with Crippen molar-refractivity contribution in [3.8, 4) is 0 Å². The van der Waals surface area contributed by atoms with E-state index >= 15 is 0 Å². The summed E-state index contributed by atoms with van der Waals surface area (Å²) in [4.78, 5) is 2.57. The maximum atomic E-state index is 9.85. The molecular formula is C11H22N2O. The number of nitrogens with one attached hydrogen (secondary N) is 1. The molecule has 0 bridgehead atoms. The molecule has 2 aliphatic heterocycles. The van der Waals surface area contributed by atoms with Crippen LogP contribution in [0.2, 0.25) is 0 Å². The molecule has 0 aromatic heterocycles. The second-order valence-electron chi connectivity index (χ2n) is 5.01. The van der Waals surface area contributed by atoms with Gasteiger partial charge in [-0.3, -0.25) is 0 Å². The van der Waals surface area contributed by atoms with Gasteiger partial charge in [0.15, 0.2) is 0 Å². The van der Waals surface area contributed by atoms with Crippen LogP contribution in [0.1, 0.15) is 32.6 Å². The summed E-state index contributed by atoms with van der Waals surface area (Å²) >= 11 is 0. The van der Waals surface area contributed by atoms with Gasteiger partial charge in [-0.2, -0.15) is 0 Å². The molecule has 0 saturated carbocycles. The Morgan fingerprint density at radius 1 is 1.21 bits per heavy atom. The summed E-state index contributed by atoms with van der Waals surface area (Å²) in [6, 6.07) is 0.771. The molecule has 2 saturated heterocycles. The molecule has 0 radical (unpaired) electrons. The highest BCUT2D eigenvalue weighted by atomic mass is 16.3. The summed E-state index contributed by atoms with van der Waals surface area (Å²) in [6.07, 6.45) is 4.44. The third-order valence-electron chi connectivity index (χ3n) is 3.70. The van der Waals surface area contributed by atoms with Gasteiger partial charge in [-0.1, -0.05) is 0 Å². The van der Waals surface area contributed by atoms with E-state index in [1.807, 2.05) is 6.92 Å². The highest BCUT2D eigenvalue weighted by molar-refractivity contribution is 4.86. The van der Waals surface area contributed by atoms with E-state index in [9.17, 15) is 5.11 Å². The first-order valence-electron chi connectivity index (χ1n) is 5.84. The van der Waals surface area contributed by atoms with Crippen LogP contribution in [0.3, 0.4) is 0 Å². The summed E-state index contributed by atoms with van der Waals surface area (Å²) in [5.41, 5.74) is -0.399. The molecule has 3 heteroatoms. The SMILES string of the molecule is CC1(O)CCN(C2CCNCC2)CC1. The van der Waals surface area contributed by atoms with E-state index < -0.39 is 5.60 Å². The lowest BCUT2D eigenvalue weighted by atomic mass is 9.91. The molecule has 0 spiro atoms. The number of hydrogen-bond donors (Lipinski definition) is 2. The summed E-state index contributed by atoms with van der Waals surface area (Å²) < 4.78 is 0. The van der Waals surface area contributed by atoms with Crippen molar-refractivity contribution in [2.24, 2.45) is 0 Å². The number of aliphatic hydroxyl groups is 1. The van der Waals surface area contributed by atoms with E-state index in [1.54, 1.807) is 0 Å². The maximum absolute atomic E-state index is 9.85. The van der Waals surface area contributed by atoms with Crippen molar-refractivity contribution in [3.05, 3.63) is 0 Å². The largest absolute Gasteiger partial charge is 0.390 e. The Morgan fingerprint density at radius 3 is 2.36 bits per heavy atom. The third-order valence-corrected chi connectivity index (χ3v) is 3.70. The van der Waals surface area contributed by atoms with Crippen LogP contribution >= 0.6 is 0 Å². The van der Waals surface area contributed by atoms with Crippen molar-refractivity contribution < 1.29 is 5.11 Å². The number of rotatable bonds is 1. The topological polar surface area (TPSA) is 35.5 Å². The van der Waals surface area contributed by atoms with E-state index in [-0.39, 0.29) is 0 Å². The molecule has 2 heterocycles. The van der Waals surface area contributed by atoms with E-state index in [4.69, 9.17) is 0 Å². The van der Waals surface area contributed by atoms with E-state index in [1.165, 1.54) is 12.8 Å². The average molecular weight is 198 g/mol. The second kappa shape index (κ2) is 4.17. The van der Waals surface area contributed by atoms with Gasteiger partial charge in [0, 0.05) is 19.1 Å². The minimum absolute atomic E-state index is 0.399. The molecule has 2 fully saturated rings. The van der Waals surface area contributed by atoms with Crippen molar-refractivity contribution in [2.45, 2.75) is 44.2 Å².